The Balaban J connectivity index is 1.55. The lowest BCUT2D eigenvalue weighted by molar-refractivity contribution is 0.0273. The highest BCUT2D eigenvalue weighted by Crippen LogP contribution is 2.08. The first-order valence-electron chi connectivity index (χ1n) is 7.06. The summed E-state index contributed by atoms with van der Waals surface area (Å²) in [5.74, 6) is -0.182. The highest BCUT2D eigenvalue weighted by atomic mass is 16.6. The SMILES string of the molecule is O=C(NOCCCN1CCCCC1)c1ccccc1. The molecule has 1 amide bonds. The zero-order valence-electron chi connectivity index (χ0n) is 11.3. The Labute approximate surface area is 114 Å². The van der Waals surface area contributed by atoms with Crippen molar-refractivity contribution in [2.24, 2.45) is 0 Å². The summed E-state index contributed by atoms with van der Waals surface area (Å²) in [5.41, 5.74) is 3.10. The van der Waals surface area contributed by atoms with Gasteiger partial charge in [0, 0.05) is 12.1 Å². The predicted octanol–water partition coefficient (Wildman–Crippen LogP) is 2.22. The van der Waals surface area contributed by atoms with Gasteiger partial charge in [0.25, 0.3) is 5.91 Å². The van der Waals surface area contributed by atoms with Gasteiger partial charge >= 0.3 is 0 Å². The molecule has 0 unspecified atom stereocenters. The Kier molecular flexibility index (Phi) is 5.85. The molecule has 4 nitrogen and oxygen atoms in total. The van der Waals surface area contributed by atoms with Crippen molar-refractivity contribution in [1.29, 1.82) is 0 Å². The van der Waals surface area contributed by atoms with E-state index in [9.17, 15) is 4.79 Å². The maximum atomic E-state index is 11.7. The topological polar surface area (TPSA) is 41.6 Å². The summed E-state index contributed by atoms with van der Waals surface area (Å²) < 4.78 is 0. The number of nitrogens with one attached hydrogen (secondary N) is 1. The van der Waals surface area contributed by atoms with Crippen molar-refractivity contribution in [3.63, 3.8) is 0 Å². The van der Waals surface area contributed by atoms with Crippen LogP contribution in [-0.4, -0.2) is 37.0 Å². The molecule has 1 N–H and O–H groups in total. The van der Waals surface area contributed by atoms with Gasteiger partial charge in [-0.3, -0.25) is 9.63 Å². The fourth-order valence-corrected chi connectivity index (χ4v) is 2.31. The minimum Gasteiger partial charge on any atom is -0.303 e. The second-order valence-corrected chi connectivity index (χ2v) is 4.90. The average Bonchev–Trinajstić information content (AvgIpc) is 2.49. The molecule has 1 aromatic rings. The van der Waals surface area contributed by atoms with Gasteiger partial charge in [0.2, 0.25) is 0 Å². The molecular weight excluding hydrogens is 240 g/mol. The van der Waals surface area contributed by atoms with Crippen LogP contribution in [0.15, 0.2) is 30.3 Å². The molecule has 1 heterocycles. The van der Waals surface area contributed by atoms with Gasteiger partial charge in [0.1, 0.15) is 0 Å². The van der Waals surface area contributed by atoms with Gasteiger partial charge in [-0.25, -0.2) is 5.48 Å². The van der Waals surface area contributed by atoms with Crippen molar-refractivity contribution in [2.75, 3.05) is 26.2 Å². The Bertz CT molecular complexity index is 375. The van der Waals surface area contributed by atoms with Crippen molar-refractivity contribution in [3.8, 4) is 0 Å². The molecule has 1 saturated heterocycles. The Morgan fingerprint density at radius 2 is 1.89 bits per heavy atom. The van der Waals surface area contributed by atoms with E-state index >= 15 is 0 Å². The monoisotopic (exact) mass is 262 g/mol. The highest BCUT2D eigenvalue weighted by Gasteiger charge is 2.09. The van der Waals surface area contributed by atoms with Crippen LogP contribution in [0, 0.1) is 0 Å². The zero-order chi connectivity index (χ0) is 13.3. The van der Waals surface area contributed by atoms with Crippen LogP contribution in [0.4, 0.5) is 0 Å². The molecule has 2 rings (SSSR count). The number of carbonyl (C=O) groups excluding carboxylic acids is 1. The van der Waals surface area contributed by atoms with Gasteiger partial charge in [0.15, 0.2) is 0 Å². The Morgan fingerprint density at radius 1 is 1.16 bits per heavy atom. The lowest BCUT2D eigenvalue weighted by Crippen LogP contribution is -2.32. The quantitative estimate of drug-likeness (QED) is 0.631. The third kappa shape index (κ3) is 5.01. The maximum Gasteiger partial charge on any atom is 0.274 e. The maximum absolute atomic E-state index is 11.7. The van der Waals surface area contributed by atoms with Crippen LogP contribution in [0.3, 0.4) is 0 Å². The number of nitrogens with zero attached hydrogens (tertiary/aromatic N) is 1. The third-order valence-corrected chi connectivity index (χ3v) is 3.37. The molecule has 19 heavy (non-hydrogen) atoms. The van der Waals surface area contributed by atoms with Crippen molar-refractivity contribution >= 4 is 5.91 Å². The lowest BCUT2D eigenvalue weighted by atomic mass is 10.1. The number of amides is 1. The molecule has 0 spiro atoms. The van der Waals surface area contributed by atoms with Gasteiger partial charge in [0.05, 0.1) is 6.61 Å². The van der Waals surface area contributed by atoms with Crippen LogP contribution < -0.4 is 5.48 Å². The first-order valence-corrected chi connectivity index (χ1v) is 7.06. The molecule has 1 aliphatic rings. The normalized spacial score (nSPS) is 16.2. The third-order valence-electron chi connectivity index (χ3n) is 3.37. The number of hydrogen-bond acceptors (Lipinski definition) is 3. The number of carbonyl (C=O) groups is 1. The predicted molar refractivity (Wildman–Crippen MR) is 74.8 cm³/mol. The van der Waals surface area contributed by atoms with E-state index in [4.69, 9.17) is 4.84 Å². The molecular formula is C15H22N2O2. The second kappa shape index (κ2) is 7.92. The fraction of sp³-hybridized carbons (Fsp3) is 0.533. The first kappa shape index (κ1) is 14.0. The van der Waals surface area contributed by atoms with E-state index < -0.39 is 0 Å². The van der Waals surface area contributed by atoms with Crippen LogP contribution in [0.25, 0.3) is 0 Å². The number of benzene rings is 1. The van der Waals surface area contributed by atoms with E-state index in [0.29, 0.717) is 12.2 Å². The van der Waals surface area contributed by atoms with Crippen molar-refractivity contribution in [3.05, 3.63) is 35.9 Å². The van der Waals surface area contributed by atoms with Gasteiger partial charge in [-0.15, -0.1) is 0 Å². The molecule has 1 aliphatic heterocycles. The molecule has 4 heteroatoms. The standard InChI is InChI=1S/C15H22N2O2/c18-15(14-8-3-1-4-9-14)16-19-13-7-12-17-10-5-2-6-11-17/h1,3-4,8-9H,2,5-7,10-13H2,(H,16,18). The van der Waals surface area contributed by atoms with Crippen molar-refractivity contribution < 1.29 is 9.63 Å². The highest BCUT2D eigenvalue weighted by molar-refractivity contribution is 5.93. The minimum atomic E-state index is -0.182. The Hall–Kier alpha value is -1.39. The number of rotatable bonds is 6. The summed E-state index contributed by atoms with van der Waals surface area (Å²) in [6.07, 6.45) is 4.94. The summed E-state index contributed by atoms with van der Waals surface area (Å²) in [7, 11) is 0. The molecule has 0 aliphatic carbocycles. The molecule has 0 aromatic heterocycles. The van der Waals surface area contributed by atoms with Crippen LogP contribution in [0.1, 0.15) is 36.0 Å². The zero-order valence-corrected chi connectivity index (χ0v) is 11.3. The van der Waals surface area contributed by atoms with Crippen LogP contribution in [-0.2, 0) is 4.84 Å². The van der Waals surface area contributed by atoms with E-state index in [1.54, 1.807) is 12.1 Å². The molecule has 0 bridgehead atoms. The van der Waals surface area contributed by atoms with E-state index in [2.05, 4.69) is 10.4 Å². The van der Waals surface area contributed by atoms with E-state index in [-0.39, 0.29) is 5.91 Å². The summed E-state index contributed by atoms with van der Waals surface area (Å²) in [4.78, 5) is 19.3. The lowest BCUT2D eigenvalue weighted by Gasteiger charge is -2.26. The Morgan fingerprint density at radius 3 is 2.63 bits per heavy atom. The summed E-state index contributed by atoms with van der Waals surface area (Å²) >= 11 is 0. The van der Waals surface area contributed by atoms with Crippen LogP contribution in [0.5, 0.6) is 0 Å². The second-order valence-electron chi connectivity index (χ2n) is 4.90. The number of hydroxylamine groups is 1. The summed E-state index contributed by atoms with van der Waals surface area (Å²) in [6, 6.07) is 9.10. The first-order chi connectivity index (χ1) is 9.36. The molecule has 0 atom stereocenters. The van der Waals surface area contributed by atoms with Crippen LogP contribution >= 0.6 is 0 Å². The van der Waals surface area contributed by atoms with E-state index in [1.165, 1.54) is 32.4 Å². The average molecular weight is 262 g/mol. The van der Waals surface area contributed by atoms with Gasteiger partial charge in [-0.05, 0) is 44.5 Å². The molecule has 1 fully saturated rings. The molecule has 104 valence electrons. The number of hydrogen-bond donors (Lipinski definition) is 1. The largest absolute Gasteiger partial charge is 0.303 e. The number of likely N-dealkylation sites (tertiary alicyclic amines) is 1. The van der Waals surface area contributed by atoms with Gasteiger partial charge in [-0.1, -0.05) is 24.6 Å². The van der Waals surface area contributed by atoms with Gasteiger partial charge < -0.3 is 4.90 Å². The van der Waals surface area contributed by atoms with Crippen molar-refractivity contribution in [2.45, 2.75) is 25.7 Å². The summed E-state index contributed by atoms with van der Waals surface area (Å²) in [5, 5.41) is 0. The van der Waals surface area contributed by atoms with Crippen molar-refractivity contribution in [1.82, 2.24) is 10.4 Å². The molecule has 0 saturated carbocycles. The van der Waals surface area contributed by atoms with Gasteiger partial charge in [-0.2, -0.15) is 0 Å². The van der Waals surface area contributed by atoms with E-state index in [1.807, 2.05) is 18.2 Å². The molecule has 1 aromatic carbocycles. The van der Waals surface area contributed by atoms with Crippen LogP contribution in [0.2, 0.25) is 0 Å². The fourth-order valence-electron chi connectivity index (χ4n) is 2.31. The van der Waals surface area contributed by atoms with E-state index in [0.717, 1.165) is 13.0 Å². The molecule has 0 radical (unpaired) electrons. The number of piperidine rings is 1. The smallest absolute Gasteiger partial charge is 0.274 e. The minimum absolute atomic E-state index is 0.182. The summed E-state index contributed by atoms with van der Waals surface area (Å²) in [6.45, 7) is 4.03.